The molecule has 130 valence electrons. The van der Waals surface area contributed by atoms with E-state index in [0.717, 1.165) is 16.9 Å². The van der Waals surface area contributed by atoms with Gasteiger partial charge >= 0.3 is 0 Å². The summed E-state index contributed by atoms with van der Waals surface area (Å²) in [6.07, 6.45) is 4.97. The molecule has 1 saturated carbocycles. The maximum absolute atomic E-state index is 12.6. The Morgan fingerprint density at radius 2 is 1.80 bits per heavy atom. The first-order valence-electron chi connectivity index (χ1n) is 8.54. The number of allylic oxidation sites excluding steroid dienone is 2. The van der Waals surface area contributed by atoms with Crippen molar-refractivity contribution < 1.29 is 14.4 Å². The van der Waals surface area contributed by atoms with Gasteiger partial charge in [0.15, 0.2) is 0 Å². The summed E-state index contributed by atoms with van der Waals surface area (Å²) in [6, 6.07) is 6.97. The normalized spacial score (nSPS) is 30.7. The molecule has 3 amide bonds. The van der Waals surface area contributed by atoms with Crippen LogP contribution in [0.4, 0.5) is 0 Å². The smallest absolute Gasteiger partial charge is 0.240 e. The number of amides is 3. The van der Waals surface area contributed by atoms with Gasteiger partial charge in [0.1, 0.15) is 6.54 Å². The molecule has 6 heteroatoms. The van der Waals surface area contributed by atoms with Crippen molar-refractivity contribution in [1.82, 2.24) is 10.2 Å². The van der Waals surface area contributed by atoms with Crippen molar-refractivity contribution in [3.63, 3.8) is 0 Å². The van der Waals surface area contributed by atoms with Gasteiger partial charge in [-0.05, 0) is 36.8 Å². The highest BCUT2D eigenvalue weighted by Gasteiger charge is 2.59. The van der Waals surface area contributed by atoms with Gasteiger partial charge in [0.05, 0.1) is 17.9 Å². The Bertz CT molecular complexity index is 761. The number of likely N-dealkylation sites (tertiary alicyclic amines) is 1. The Labute approximate surface area is 151 Å². The van der Waals surface area contributed by atoms with Crippen LogP contribution in [0.2, 0.25) is 5.02 Å². The highest BCUT2D eigenvalue weighted by atomic mass is 35.5. The Balaban J connectivity index is 1.43. The van der Waals surface area contributed by atoms with Gasteiger partial charge in [0, 0.05) is 5.02 Å². The molecule has 5 atom stereocenters. The van der Waals surface area contributed by atoms with E-state index in [1.807, 2.05) is 37.3 Å². The molecule has 2 aliphatic carbocycles. The predicted molar refractivity (Wildman–Crippen MR) is 92.4 cm³/mol. The number of rotatable bonds is 4. The Morgan fingerprint density at radius 3 is 2.40 bits per heavy atom. The van der Waals surface area contributed by atoms with Crippen LogP contribution in [0.25, 0.3) is 0 Å². The molecule has 1 aromatic rings. The number of carbonyl (C=O) groups excluding carboxylic acids is 3. The van der Waals surface area contributed by atoms with Crippen molar-refractivity contribution in [2.45, 2.75) is 19.4 Å². The van der Waals surface area contributed by atoms with Crippen LogP contribution >= 0.6 is 11.6 Å². The molecule has 1 saturated heterocycles. The predicted octanol–water partition coefficient (Wildman–Crippen LogP) is 2.32. The zero-order chi connectivity index (χ0) is 17.7. The molecule has 3 aliphatic rings. The van der Waals surface area contributed by atoms with E-state index in [0.29, 0.717) is 5.02 Å². The molecule has 0 spiro atoms. The van der Waals surface area contributed by atoms with Gasteiger partial charge in [-0.3, -0.25) is 19.3 Å². The van der Waals surface area contributed by atoms with Crippen LogP contribution in [-0.4, -0.2) is 29.2 Å². The number of carbonyl (C=O) groups is 3. The second-order valence-corrected chi connectivity index (χ2v) is 7.48. The van der Waals surface area contributed by atoms with Crippen molar-refractivity contribution in [1.29, 1.82) is 0 Å². The van der Waals surface area contributed by atoms with Gasteiger partial charge < -0.3 is 5.32 Å². The second kappa shape index (κ2) is 5.99. The molecule has 5 nitrogen and oxygen atoms in total. The van der Waals surface area contributed by atoms with Gasteiger partial charge in [-0.2, -0.15) is 0 Å². The van der Waals surface area contributed by atoms with Crippen LogP contribution in [0.1, 0.15) is 24.9 Å². The van der Waals surface area contributed by atoms with E-state index in [4.69, 9.17) is 11.6 Å². The summed E-state index contributed by atoms with van der Waals surface area (Å²) in [5.41, 5.74) is 0.802. The van der Waals surface area contributed by atoms with Crippen molar-refractivity contribution >= 4 is 29.3 Å². The fourth-order valence-corrected chi connectivity index (χ4v) is 4.75. The molecule has 1 N–H and O–H groups in total. The first-order valence-corrected chi connectivity index (χ1v) is 8.92. The molecule has 25 heavy (non-hydrogen) atoms. The maximum atomic E-state index is 12.6. The SMILES string of the molecule is CC(NC(=O)CN1C(=O)C2C3C=CC(C3)C2C1=O)c1ccccc1Cl. The lowest BCUT2D eigenvalue weighted by Gasteiger charge is -2.20. The minimum absolute atomic E-state index is 0.154. The zero-order valence-electron chi connectivity index (χ0n) is 13.8. The van der Waals surface area contributed by atoms with Crippen molar-refractivity contribution in [2.24, 2.45) is 23.7 Å². The molecular formula is C19H19ClN2O3. The molecule has 2 fully saturated rings. The number of fused-ring (bicyclic) bond motifs is 5. The molecule has 5 unspecified atom stereocenters. The summed E-state index contributed by atoms with van der Waals surface area (Å²) >= 11 is 6.15. The van der Waals surface area contributed by atoms with Gasteiger partial charge in [0.2, 0.25) is 17.7 Å². The van der Waals surface area contributed by atoms with E-state index < -0.39 is 0 Å². The summed E-state index contributed by atoms with van der Waals surface area (Å²) < 4.78 is 0. The summed E-state index contributed by atoms with van der Waals surface area (Å²) in [6.45, 7) is 1.60. The van der Waals surface area contributed by atoms with Crippen LogP contribution in [0.3, 0.4) is 0 Å². The zero-order valence-corrected chi connectivity index (χ0v) is 14.6. The monoisotopic (exact) mass is 358 g/mol. The summed E-state index contributed by atoms with van der Waals surface area (Å²) in [7, 11) is 0. The number of imide groups is 1. The third-order valence-electron chi connectivity index (χ3n) is 5.61. The van der Waals surface area contributed by atoms with Crippen molar-refractivity contribution in [3.05, 3.63) is 47.0 Å². The average molecular weight is 359 g/mol. The summed E-state index contributed by atoms with van der Waals surface area (Å²) in [4.78, 5) is 38.7. The number of nitrogens with zero attached hydrogens (tertiary/aromatic N) is 1. The van der Waals surface area contributed by atoms with E-state index in [1.54, 1.807) is 6.07 Å². The Hall–Kier alpha value is -2.14. The third-order valence-corrected chi connectivity index (χ3v) is 5.96. The molecule has 1 aromatic carbocycles. The van der Waals surface area contributed by atoms with Crippen LogP contribution in [0.5, 0.6) is 0 Å². The summed E-state index contributed by atoms with van der Waals surface area (Å²) in [5.74, 6) is -0.982. The molecule has 0 aromatic heterocycles. The van der Waals surface area contributed by atoms with Crippen LogP contribution < -0.4 is 5.32 Å². The lowest BCUT2D eigenvalue weighted by atomic mass is 9.85. The quantitative estimate of drug-likeness (QED) is 0.663. The molecule has 0 radical (unpaired) electrons. The first kappa shape index (κ1) is 16.3. The van der Waals surface area contributed by atoms with E-state index in [2.05, 4.69) is 5.32 Å². The largest absolute Gasteiger partial charge is 0.348 e. The fourth-order valence-electron chi connectivity index (χ4n) is 4.45. The minimum Gasteiger partial charge on any atom is -0.348 e. The van der Waals surface area contributed by atoms with Gasteiger partial charge in [-0.25, -0.2) is 0 Å². The van der Waals surface area contributed by atoms with Crippen LogP contribution in [0, 0.1) is 23.7 Å². The van der Waals surface area contributed by atoms with E-state index in [1.165, 1.54) is 0 Å². The van der Waals surface area contributed by atoms with Crippen LogP contribution in [0.15, 0.2) is 36.4 Å². The number of halogens is 1. The van der Waals surface area contributed by atoms with Gasteiger partial charge in [-0.15, -0.1) is 0 Å². The van der Waals surface area contributed by atoms with Crippen molar-refractivity contribution in [2.75, 3.05) is 6.54 Å². The van der Waals surface area contributed by atoms with Crippen molar-refractivity contribution in [3.8, 4) is 0 Å². The summed E-state index contributed by atoms with van der Waals surface area (Å²) in [5, 5.41) is 3.39. The Kier molecular flexibility index (Phi) is 3.91. The molecule has 4 rings (SSSR count). The topological polar surface area (TPSA) is 66.5 Å². The average Bonchev–Trinajstić information content (AvgIpc) is 3.25. The number of nitrogens with one attached hydrogen (secondary N) is 1. The number of benzene rings is 1. The molecule has 1 aliphatic heterocycles. The minimum atomic E-state index is -0.352. The Morgan fingerprint density at radius 1 is 1.20 bits per heavy atom. The highest BCUT2D eigenvalue weighted by Crippen LogP contribution is 2.52. The molecular weight excluding hydrogens is 340 g/mol. The van der Waals surface area contributed by atoms with E-state index >= 15 is 0 Å². The van der Waals surface area contributed by atoms with E-state index in [-0.39, 0.29) is 54.0 Å². The standard InChI is InChI=1S/C19H19ClN2O3/c1-10(13-4-2-3-5-14(13)20)21-15(23)9-22-18(24)16-11-6-7-12(8-11)17(16)19(22)25/h2-7,10-12,16-17H,8-9H2,1H3,(H,21,23). The van der Waals surface area contributed by atoms with Crippen LogP contribution in [-0.2, 0) is 14.4 Å². The van der Waals surface area contributed by atoms with Gasteiger partial charge in [0.25, 0.3) is 0 Å². The van der Waals surface area contributed by atoms with E-state index in [9.17, 15) is 14.4 Å². The third kappa shape index (κ3) is 2.58. The second-order valence-electron chi connectivity index (χ2n) is 7.07. The lowest BCUT2D eigenvalue weighted by Crippen LogP contribution is -2.42. The number of hydrogen-bond acceptors (Lipinski definition) is 3. The molecule has 1 heterocycles. The lowest BCUT2D eigenvalue weighted by molar-refractivity contribution is -0.144. The highest BCUT2D eigenvalue weighted by molar-refractivity contribution is 6.31. The maximum Gasteiger partial charge on any atom is 0.240 e. The number of hydrogen-bond donors (Lipinski definition) is 1. The molecule has 2 bridgehead atoms. The van der Waals surface area contributed by atoms with Gasteiger partial charge in [-0.1, -0.05) is 42.0 Å². The first-order chi connectivity index (χ1) is 12.0. The fraction of sp³-hybridized carbons (Fsp3) is 0.421.